The molecule has 0 aliphatic rings. The van der Waals surface area contributed by atoms with Gasteiger partial charge in [0.15, 0.2) is 0 Å². The van der Waals surface area contributed by atoms with Crippen LogP contribution in [0.1, 0.15) is 30.5 Å². The third-order valence-corrected chi connectivity index (χ3v) is 6.29. The minimum Gasteiger partial charge on any atom is -0.496 e. The minimum atomic E-state index is -3.57. The van der Waals surface area contributed by atoms with E-state index >= 15 is 0 Å². The smallest absolute Gasteiger partial charge is 0.266 e. The zero-order chi connectivity index (χ0) is 24.6. The van der Waals surface area contributed by atoms with Gasteiger partial charge in [0.2, 0.25) is 0 Å². The van der Waals surface area contributed by atoms with E-state index in [1.54, 1.807) is 31.3 Å². The molecule has 2 aromatic carbocycles. The van der Waals surface area contributed by atoms with Gasteiger partial charge >= 0.3 is 0 Å². The SMILES string of the molecule is COc1cc2nccc(NC(C)c3cccc(C(F)F)c3F)c2cc1-c1cnn(S(C)(=O)=O)c1. The van der Waals surface area contributed by atoms with Crippen molar-refractivity contribution < 1.29 is 26.3 Å². The summed E-state index contributed by atoms with van der Waals surface area (Å²) in [5.74, 6) is -0.500. The number of hydrogen-bond acceptors (Lipinski definition) is 6. The Hall–Kier alpha value is -3.60. The Bertz CT molecular complexity index is 1470. The Morgan fingerprint density at radius 1 is 1.15 bits per heavy atom. The van der Waals surface area contributed by atoms with E-state index in [-0.39, 0.29) is 5.56 Å². The van der Waals surface area contributed by atoms with Crippen LogP contribution in [0.25, 0.3) is 22.0 Å². The molecular formula is C23H21F3N4O3S. The molecule has 0 saturated heterocycles. The summed E-state index contributed by atoms with van der Waals surface area (Å²) < 4.78 is 70.9. The Kier molecular flexibility index (Phi) is 6.22. The van der Waals surface area contributed by atoms with E-state index in [2.05, 4.69) is 15.4 Å². The molecule has 0 radical (unpaired) electrons. The molecule has 0 saturated carbocycles. The fraction of sp³-hybridized carbons (Fsp3) is 0.217. The van der Waals surface area contributed by atoms with Crippen molar-refractivity contribution in [3.63, 3.8) is 0 Å². The van der Waals surface area contributed by atoms with Gasteiger partial charge in [-0.15, -0.1) is 0 Å². The van der Waals surface area contributed by atoms with E-state index in [4.69, 9.17) is 4.74 Å². The fourth-order valence-electron chi connectivity index (χ4n) is 3.70. The molecule has 0 aliphatic carbocycles. The second-order valence-corrected chi connectivity index (χ2v) is 9.55. The maximum absolute atomic E-state index is 14.7. The van der Waals surface area contributed by atoms with Crippen molar-refractivity contribution in [2.45, 2.75) is 19.4 Å². The van der Waals surface area contributed by atoms with E-state index in [9.17, 15) is 21.6 Å². The van der Waals surface area contributed by atoms with Crippen molar-refractivity contribution in [3.8, 4) is 16.9 Å². The van der Waals surface area contributed by atoms with Crippen LogP contribution in [0.15, 0.2) is 55.0 Å². The van der Waals surface area contributed by atoms with Crippen LogP contribution < -0.4 is 10.1 Å². The maximum Gasteiger partial charge on any atom is 0.266 e. The van der Waals surface area contributed by atoms with Crippen LogP contribution in [0.2, 0.25) is 0 Å². The number of pyridine rings is 1. The lowest BCUT2D eigenvalue weighted by Gasteiger charge is -2.19. The number of nitrogens with zero attached hydrogens (tertiary/aromatic N) is 3. The zero-order valence-corrected chi connectivity index (χ0v) is 19.3. The van der Waals surface area contributed by atoms with Gasteiger partial charge in [-0.3, -0.25) is 4.98 Å². The molecule has 1 N–H and O–H groups in total. The van der Waals surface area contributed by atoms with Crippen molar-refractivity contribution in [1.82, 2.24) is 14.2 Å². The number of anilines is 1. The second-order valence-electron chi connectivity index (χ2n) is 7.71. The standard InChI is InChI=1S/C23H21F3N4O3S/c1-13(15-5-4-6-16(22(15)24)23(25)26)29-19-7-8-27-20-10-21(33-2)17(9-18(19)20)14-11-28-30(12-14)34(3,31)32/h4-13,23H,1-3H3,(H,27,29). The molecule has 2 aromatic heterocycles. The highest BCUT2D eigenvalue weighted by Crippen LogP contribution is 2.37. The van der Waals surface area contributed by atoms with Crippen LogP contribution in [0.5, 0.6) is 5.75 Å². The van der Waals surface area contributed by atoms with Gasteiger partial charge in [0.25, 0.3) is 16.4 Å². The average molecular weight is 491 g/mol. The predicted molar refractivity (Wildman–Crippen MR) is 123 cm³/mol. The lowest BCUT2D eigenvalue weighted by molar-refractivity contribution is 0.146. The molecule has 0 fully saturated rings. The van der Waals surface area contributed by atoms with Gasteiger partial charge in [-0.05, 0) is 19.1 Å². The number of ether oxygens (including phenoxy) is 1. The Morgan fingerprint density at radius 2 is 1.88 bits per heavy atom. The van der Waals surface area contributed by atoms with E-state index in [0.29, 0.717) is 33.5 Å². The van der Waals surface area contributed by atoms with E-state index in [0.717, 1.165) is 16.4 Å². The molecule has 4 rings (SSSR count). The van der Waals surface area contributed by atoms with Gasteiger partial charge in [-0.1, -0.05) is 18.2 Å². The van der Waals surface area contributed by atoms with Crippen LogP contribution in [-0.4, -0.2) is 36.0 Å². The molecule has 7 nitrogen and oxygen atoms in total. The lowest BCUT2D eigenvalue weighted by atomic mass is 10.0. The topological polar surface area (TPSA) is 86.1 Å². The molecular weight excluding hydrogens is 469 g/mol. The summed E-state index contributed by atoms with van der Waals surface area (Å²) in [7, 11) is -2.09. The van der Waals surface area contributed by atoms with Gasteiger partial charge in [0.1, 0.15) is 11.6 Å². The number of hydrogen-bond donors (Lipinski definition) is 1. The quantitative estimate of drug-likeness (QED) is 0.385. The van der Waals surface area contributed by atoms with Crippen LogP contribution in [-0.2, 0) is 10.0 Å². The Balaban J connectivity index is 1.78. The summed E-state index contributed by atoms with van der Waals surface area (Å²) >= 11 is 0. The van der Waals surface area contributed by atoms with E-state index in [1.807, 2.05) is 0 Å². The Labute approximate surface area is 194 Å². The zero-order valence-electron chi connectivity index (χ0n) is 18.5. The third-order valence-electron chi connectivity index (χ3n) is 5.41. The van der Waals surface area contributed by atoms with Crippen molar-refractivity contribution in [3.05, 3.63) is 71.9 Å². The number of alkyl halides is 2. The van der Waals surface area contributed by atoms with Crippen molar-refractivity contribution in [2.24, 2.45) is 0 Å². The molecule has 4 aromatic rings. The normalized spacial score (nSPS) is 12.8. The summed E-state index contributed by atoms with van der Waals surface area (Å²) in [5.41, 5.74) is 1.67. The summed E-state index contributed by atoms with van der Waals surface area (Å²) in [5, 5.41) is 7.71. The highest BCUT2D eigenvalue weighted by atomic mass is 32.2. The van der Waals surface area contributed by atoms with Crippen LogP contribution in [0.3, 0.4) is 0 Å². The third kappa shape index (κ3) is 4.43. The average Bonchev–Trinajstić information content (AvgIpc) is 3.29. The number of aromatic nitrogens is 3. The summed E-state index contributed by atoms with van der Waals surface area (Å²) in [6, 6.07) is 8.41. The molecule has 1 unspecified atom stereocenters. The number of halogens is 3. The van der Waals surface area contributed by atoms with Crippen LogP contribution >= 0.6 is 0 Å². The number of methoxy groups -OCH3 is 1. The molecule has 1 atom stereocenters. The Morgan fingerprint density at radius 3 is 2.53 bits per heavy atom. The molecule has 0 aliphatic heterocycles. The number of fused-ring (bicyclic) bond motifs is 1. The van der Waals surface area contributed by atoms with Gasteiger partial charge < -0.3 is 10.1 Å². The minimum absolute atomic E-state index is 0.103. The molecule has 0 amide bonds. The summed E-state index contributed by atoms with van der Waals surface area (Å²) in [4.78, 5) is 4.35. The summed E-state index contributed by atoms with van der Waals surface area (Å²) in [6.07, 6.45) is 2.45. The summed E-state index contributed by atoms with van der Waals surface area (Å²) in [6.45, 7) is 1.67. The first-order chi connectivity index (χ1) is 16.1. The van der Waals surface area contributed by atoms with Gasteiger partial charge in [-0.2, -0.15) is 9.19 Å². The first-order valence-corrected chi connectivity index (χ1v) is 12.0. The maximum atomic E-state index is 14.7. The first-order valence-electron chi connectivity index (χ1n) is 10.2. The molecule has 0 bridgehead atoms. The van der Waals surface area contributed by atoms with Gasteiger partial charge in [0.05, 0.1) is 42.9 Å². The van der Waals surface area contributed by atoms with Crippen molar-refractivity contribution >= 4 is 26.6 Å². The predicted octanol–water partition coefficient (Wildman–Crippen LogP) is 5.16. The lowest BCUT2D eigenvalue weighted by Crippen LogP contribution is -2.10. The largest absolute Gasteiger partial charge is 0.496 e. The molecule has 34 heavy (non-hydrogen) atoms. The molecule has 178 valence electrons. The molecule has 0 spiro atoms. The van der Waals surface area contributed by atoms with Crippen LogP contribution in [0, 0.1) is 5.82 Å². The fourth-order valence-corrected chi connectivity index (χ4v) is 4.22. The number of nitrogens with one attached hydrogen (secondary N) is 1. The van der Waals surface area contributed by atoms with Crippen molar-refractivity contribution in [1.29, 1.82) is 0 Å². The monoisotopic (exact) mass is 490 g/mol. The second kappa shape index (κ2) is 8.98. The van der Waals surface area contributed by atoms with E-state index < -0.39 is 33.9 Å². The van der Waals surface area contributed by atoms with Gasteiger partial charge in [0, 0.05) is 40.0 Å². The highest BCUT2D eigenvalue weighted by molar-refractivity contribution is 7.89. The van der Waals surface area contributed by atoms with Crippen molar-refractivity contribution in [2.75, 3.05) is 18.7 Å². The molecule has 2 heterocycles. The first kappa shape index (κ1) is 23.6. The van der Waals surface area contributed by atoms with Crippen LogP contribution in [0.4, 0.5) is 18.9 Å². The van der Waals surface area contributed by atoms with Gasteiger partial charge in [-0.25, -0.2) is 21.6 Å². The molecule has 11 heteroatoms. The van der Waals surface area contributed by atoms with E-state index in [1.165, 1.54) is 31.6 Å². The number of benzene rings is 2. The highest BCUT2D eigenvalue weighted by Gasteiger charge is 2.20. The number of rotatable bonds is 7.